The van der Waals surface area contributed by atoms with Crippen molar-refractivity contribution >= 4 is 17.1 Å². The lowest BCUT2D eigenvalue weighted by atomic mass is 9.97. The number of oxazole rings is 1. The number of likely N-dealkylation sites (tertiary alicyclic amines) is 1. The third-order valence-corrected chi connectivity index (χ3v) is 4.80. The molecule has 5 nitrogen and oxygen atoms in total. The van der Waals surface area contributed by atoms with Gasteiger partial charge in [-0.15, -0.1) is 0 Å². The van der Waals surface area contributed by atoms with Crippen molar-refractivity contribution in [3.8, 4) is 0 Å². The Morgan fingerprint density at radius 3 is 2.62 bits per heavy atom. The Morgan fingerprint density at radius 2 is 1.88 bits per heavy atom. The summed E-state index contributed by atoms with van der Waals surface area (Å²) in [6.45, 7) is 1.72. The van der Waals surface area contributed by atoms with Gasteiger partial charge in [0.25, 0.3) is 0 Å². The number of hydrogen-bond acceptors (Lipinski definition) is 3. The molecule has 1 N–H and O–H groups in total. The third-order valence-electron chi connectivity index (χ3n) is 4.80. The fourth-order valence-corrected chi connectivity index (χ4v) is 3.29. The van der Waals surface area contributed by atoms with Crippen LogP contribution in [0.5, 0.6) is 0 Å². The van der Waals surface area contributed by atoms with Gasteiger partial charge in [-0.1, -0.05) is 24.3 Å². The topological polar surface area (TPSA) is 58.4 Å². The number of amides is 2. The van der Waals surface area contributed by atoms with Crippen LogP contribution in [0.4, 0.5) is 9.18 Å². The minimum atomic E-state index is -0.277. The molecular weight excluding hydrogens is 333 g/mol. The molecule has 2 aromatic carbocycles. The molecule has 0 bridgehead atoms. The maximum Gasteiger partial charge on any atom is 0.317 e. The number of fused-ring (bicyclic) bond motifs is 1. The summed E-state index contributed by atoms with van der Waals surface area (Å²) in [6, 6.07) is 13.8. The van der Waals surface area contributed by atoms with E-state index in [0.29, 0.717) is 19.6 Å². The zero-order chi connectivity index (χ0) is 17.9. The standard InChI is InChI=1S/C20H20FN3O2/c21-16-7-5-14(6-8-16)13-22-20(25)24-11-9-15(10-12-24)19-23-17-3-1-2-4-18(17)26-19/h1-8,15H,9-13H2,(H,22,25). The number of halogens is 1. The Morgan fingerprint density at radius 1 is 1.15 bits per heavy atom. The summed E-state index contributed by atoms with van der Waals surface area (Å²) >= 11 is 0. The van der Waals surface area contributed by atoms with E-state index in [-0.39, 0.29) is 17.8 Å². The molecule has 6 heteroatoms. The minimum Gasteiger partial charge on any atom is -0.440 e. The average Bonchev–Trinajstić information content (AvgIpc) is 3.12. The zero-order valence-electron chi connectivity index (χ0n) is 14.3. The Labute approximate surface area is 150 Å². The number of piperidine rings is 1. The maximum atomic E-state index is 12.9. The largest absolute Gasteiger partial charge is 0.440 e. The first-order chi connectivity index (χ1) is 12.7. The highest BCUT2D eigenvalue weighted by molar-refractivity contribution is 5.74. The number of para-hydroxylation sites is 2. The van der Waals surface area contributed by atoms with Crippen molar-refractivity contribution in [1.29, 1.82) is 0 Å². The lowest BCUT2D eigenvalue weighted by Gasteiger charge is -2.30. The smallest absolute Gasteiger partial charge is 0.317 e. The van der Waals surface area contributed by atoms with Gasteiger partial charge >= 0.3 is 6.03 Å². The Hall–Kier alpha value is -2.89. The summed E-state index contributed by atoms with van der Waals surface area (Å²) < 4.78 is 18.8. The van der Waals surface area contributed by atoms with Gasteiger partial charge in [-0.25, -0.2) is 14.2 Å². The lowest BCUT2D eigenvalue weighted by molar-refractivity contribution is 0.177. The van der Waals surface area contributed by atoms with Gasteiger partial charge in [-0.05, 0) is 42.7 Å². The molecule has 2 heterocycles. The van der Waals surface area contributed by atoms with Crippen molar-refractivity contribution in [2.75, 3.05) is 13.1 Å². The van der Waals surface area contributed by atoms with Gasteiger partial charge in [0.15, 0.2) is 11.5 Å². The number of carbonyl (C=O) groups excluding carboxylic acids is 1. The van der Waals surface area contributed by atoms with Gasteiger partial charge in [0, 0.05) is 25.6 Å². The molecule has 26 heavy (non-hydrogen) atoms. The molecule has 0 atom stereocenters. The van der Waals surface area contributed by atoms with Crippen LogP contribution in [-0.4, -0.2) is 29.0 Å². The van der Waals surface area contributed by atoms with Crippen LogP contribution in [0.1, 0.15) is 30.2 Å². The first-order valence-electron chi connectivity index (χ1n) is 8.82. The van der Waals surface area contributed by atoms with E-state index in [1.807, 2.05) is 29.2 Å². The van der Waals surface area contributed by atoms with E-state index in [1.54, 1.807) is 12.1 Å². The van der Waals surface area contributed by atoms with Gasteiger partial charge in [0.05, 0.1) is 0 Å². The molecule has 0 aliphatic carbocycles. The number of aromatic nitrogens is 1. The quantitative estimate of drug-likeness (QED) is 0.773. The Kier molecular flexibility index (Phi) is 4.56. The van der Waals surface area contributed by atoms with Gasteiger partial charge in [-0.3, -0.25) is 0 Å². The first-order valence-corrected chi connectivity index (χ1v) is 8.82. The fourth-order valence-electron chi connectivity index (χ4n) is 3.29. The van der Waals surface area contributed by atoms with Crippen LogP contribution in [0.15, 0.2) is 52.9 Å². The average molecular weight is 353 g/mol. The van der Waals surface area contributed by atoms with E-state index in [0.717, 1.165) is 35.4 Å². The maximum absolute atomic E-state index is 12.9. The molecule has 0 unspecified atom stereocenters. The normalized spacial score (nSPS) is 15.3. The van der Waals surface area contributed by atoms with Crippen LogP contribution in [0, 0.1) is 5.82 Å². The number of urea groups is 1. The summed E-state index contributed by atoms with van der Waals surface area (Å²) in [7, 11) is 0. The summed E-state index contributed by atoms with van der Waals surface area (Å²) in [5.74, 6) is 0.725. The molecule has 1 aliphatic rings. The molecule has 1 fully saturated rings. The van der Waals surface area contributed by atoms with Crippen molar-refractivity contribution in [2.45, 2.75) is 25.3 Å². The second kappa shape index (κ2) is 7.15. The number of benzene rings is 2. The highest BCUT2D eigenvalue weighted by atomic mass is 19.1. The molecule has 1 aliphatic heterocycles. The monoisotopic (exact) mass is 353 g/mol. The molecule has 2 amide bonds. The van der Waals surface area contributed by atoms with E-state index in [1.165, 1.54) is 12.1 Å². The van der Waals surface area contributed by atoms with Crippen LogP contribution in [0.3, 0.4) is 0 Å². The minimum absolute atomic E-state index is 0.0923. The molecule has 0 saturated carbocycles. The number of hydrogen-bond donors (Lipinski definition) is 1. The van der Waals surface area contributed by atoms with Crippen LogP contribution in [0.25, 0.3) is 11.1 Å². The predicted octanol–water partition coefficient (Wildman–Crippen LogP) is 4.06. The molecule has 4 rings (SSSR count). The summed E-state index contributed by atoms with van der Waals surface area (Å²) in [5, 5.41) is 2.89. The number of rotatable bonds is 3. The molecule has 1 aromatic heterocycles. The van der Waals surface area contributed by atoms with Crippen LogP contribution in [-0.2, 0) is 6.54 Å². The van der Waals surface area contributed by atoms with E-state index < -0.39 is 0 Å². The Bertz CT molecular complexity index is 866. The van der Waals surface area contributed by atoms with Gasteiger partial charge in [-0.2, -0.15) is 0 Å². The van der Waals surface area contributed by atoms with Crippen molar-refractivity contribution in [3.63, 3.8) is 0 Å². The van der Waals surface area contributed by atoms with Crippen molar-refractivity contribution < 1.29 is 13.6 Å². The van der Waals surface area contributed by atoms with Crippen molar-refractivity contribution in [3.05, 3.63) is 65.8 Å². The lowest BCUT2D eigenvalue weighted by Crippen LogP contribution is -2.43. The summed E-state index contributed by atoms with van der Waals surface area (Å²) in [4.78, 5) is 18.7. The van der Waals surface area contributed by atoms with Crippen LogP contribution in [0.2, 0.25) is 0 Å². The van der Waals surface area contributed by atoms with E-state index in [4.69, 9.17) is 4.42 Å². The second-order valence-electron chi connectivity index (χ2n) is 6.57. The molecule has 134 valence electrons. The molecular formula is C20H20FN3O2. The van der Waals surface area contributed by atoms with Crippen molar-refractivity contribution in [2.24, 2.45) is 0 Å². The molecule has 3 aromatic rings. The number of nitrogens with zero attached hydrogens (tertiary/aromatic N) is 2. The molecule has 0 radical (unpaired) electrons. The van der Waals surface area contributed by atoms with Crippen molar-refractivity contribution in [1.82, 2.24) is 15.2 Å². The number of nitrogens with one attached hydrogen (secondary N) is 1. The van der Waals surface area contributed by atoms with Gasteiger partial charge in [0.1, 0.15) is 11.3 Å². The molecule has 0 spiro atoms. The second-order valence-corrected chi connectivity index (χ2v) is 6.57. The number of carbonyl (C=O) groups is 1. The van der Waals surface area contributed by atoms with E-state index in [2.05, 4.69) is 10.3 Å². The predicted molar refractivity (Wildman–Crippen MR) is 96.2 cm³/mol. The molecule has 1 saturated heterocycles. The summed E-state index contributed by atoms with van der Waals surface area (Å²) in [5.41, 5.74) is 2.56. The summed E-state index contributed by atoms with van der Waals surface area (Å²) in [6.07, 6.45) is 1.66. The highest BCUT2D eigenvalue weighted by Gasteiger charge is 2.26. The third kappa shape index (κ3) is 3.54. The van der Waals surface area contributed by atoms with E-state index >= 15 is 0 Å². The van der Waals surface area contributed by atoms with E-state index in [9.17, 15) is 9.18 Å². The Balaban J connectivity index is 1.31. The zero-order valence-corrected chi connectivity index (χ0v) is 14.3. The van der Waals surface area contributed by atoms with Crippen LogP contribution >= 0.6 is 0 Å². The van der Waals surface area contributed by atoms with Gasteiger partial charge < -0.3 is 14.6 Å². The fraction of sp³-hybridized carbons (Fsp3) is 0.300. The highest BCUT2D eigenvalue weighted by Crippen LogP contribution is 2.29. The van der Waals surface area contributed by atoms with Gasteiger partial charge in [0.2, 0.25) is 0 Å². The first kappa shape index (κ1) is 16.6. The van der Waals surface area contributed by atoms with Crippen LogP contribution < -0.4 is 5.32 Å². The SMILES string of the molecule is O=C(NCc1ccc(F)cc1)N1CCC(c2nc3ccccc3o2)CC1.